The molecule has 0 aliphatic carbocycles. The lowest BCUT2D eigenvalue weighted by Crippen LogP contribution is -2.48. The summed E-state index contributed by atoms with van der Waals surface area (Å²) in [5, 5.41) is 7.96. The number of nitrogens with zero attached hydrogens (tertiary/aromatic N) is 2. The number of rotatable bonds is 3. The second kappa shape index (κ2) is 8.14. The minimum absolute atomic E-state index is 0.00447. The smallest absolute Gasteiger partial charge is 0.409 e. The van der Waals surface area contributed by atoms with Gasteiger partial charge in [0, 0.05) is 36.1 Å². The maximum absolute atomic E-state index is 12.4. The number of halogens is 2. The van der Waals surface area contributed by atoms with Gasteiger partial charge < -0.3 is 19.8 Å². The predicted molar refractivity (Wildman–Crippen MR) is 97.6 cm³/mol. The Kier molecular flexibility index (Phi) is 5.88. The number of carbonyl (C=O) groups excluding carboxylic acids is 2. The molecule has 2 aliphatic heterocycles. The van der Waals surface area contributed by atoms with Crippen molar-refractivity contribution in [2.45, 2.75) is 31.4 Å². The highest BCUT2D eigenvalue weighted by molar-refractivity contribution is 6.37. The Morgan fingerprint density at radius 3 is 2.69 bits per heavy atom. The summed E-state index contributed by atoms with van der Waals surface area (Å²) in [4.78, 5) is 30.8. The Morgan fingerprint density at radius 2 is 2.04 bits per heavy atom. The van der Waals surface area contributed by atoms with Crippen molar-refractivity contribution in [1.82, 2.24) is 10.2 Å². The van der Waals surface area contributed by atoms with Crippen molar-refractivity contribution in [3.63, 3.8) is 0 Å². The van der Waals surface area contributed by atoms with Gasteiger partial charge in [-0.3, -0.25) is 4.79 Å². The van der Waals surface area contributed by atoms with Crippen molar-refractivity contribution in [3.8, 4) is 0 Å². The highest BCUT2D eigenvalue weighted by atomic mass is 35.5. The van der Waals surface area contributed by atoms with Crippen LogP contribution in [-0.4, -0.2) is 55.0 Å². The van der Waals surface area contributed by atoms with Crippen molar-refractivity contribution < 1.29 is 19.2 Å². The van der Waals surface area contributed by atoms with Gasteiger partial charge in [-0.1, -0.05) is 34.4 Å². The number of amides is 2. The summed E-state index contributed by atoms with van der Waals surface area (Å²) in [6.45, 7) is 1.09. The number of benzene rings is 1. The number of hydrogen-bond donors (Lipinski definition) is 1. The van der Waals surface area contributed by atoms with Gasteiger partial charge >= 0.3 is 6.09 Å². The van der Waals surface area contributed by atoms with Crippen LogP contribution in [0.15, 0.2) is 23.4 Å². The molecular formula is C17H19Cl2N3O4. The number of nitrogens with one attached hydrogen (secondary N) is 1. The summed E-state index contributed by atoms with van der Waals surface area (Å²) in [6, 6.07) is 5.10. The summed E-state index contributed by atoms with van der Waals surface area (Å²) < 4.78 is 4.70. The Morgan fingerprint density at radius 1 is 1.31 bits per heavy atom. The van der Waals surface area contributed by atoms with Crippen LogP contribution in [-0.2, 0) is 14.4 Å². The van der Waals surface area contributed by atoms with E-state index in [4.69, 9.17) is 32.8 Å². The third kappa shape index (κ3) is 4.22. The highest BCUT2D eigenvalue weighted by Crippen LogP contribution is 2.26. The van der Waals surface area contributed by atoms with E-state index in [0.29, 0.717) is 53.7 Å². The van der Waals surface area contributed by atoms with Gasteiger partial charge in [0.05, 0.1) is 17.8 Å². The zero-order valence-corrected chi connectivity index (χ0v) is 15.7. The normalized spacial score (nSPS) is 20.3. The molecule has 7 nitrogen and oxygen atoms in total. The molecule has 0 spiro atoms. The minimum atomic E-state index is -0.685. The molecule has 1 aromatic rings. The first kappa shape index (κ1) is 18.8. The van der Waals surface area contributed by atoms with Crippen molar-refractivity contribution >= 4 is 40.9 Å². The third-order valence-electron chi connectivity index (χ3n) is 4.48. The molecule has 0 radical (unpaired) electrons. The molecule has 0 bridgehead atoms. The quantitative estimate of drug-likeness (QED) is 0.846. The van der Waals surface area contributed by atoms with Crippen LogP contribution < -0.4 is 5.32 Å². The van der Waals surface area contributed by atoms with Gasteiger partial charge in [-0.05, 0) is 25.0 Å². The van der Waals surface area contributed by atoms with Gasteiger partial charge in [0.2, 0.25) is 6.10 Å². The molecule has 1 atom stereocenters. The Hall–Kier alpha value is -1.99. The molecule has 1 N–H and O–H groups in total. The topological polar surface area (TPSA) is 80.2 Å². The number of piperidine rings is 1. The molecule has 2 aliphatic rings. The standard InChI is InChI=1S/C17H19Cl2N3O4/c1-25-17(24)22-6-4-11(5-7-22)20-16(23)15-9-14(21-26-15)12-3-2-10(18)8-13(12)19/h2-3,8,11,15H,4-7,9H2,1H3,(H,20,23)/t15-/m0/s1. The second-order valence-corrected chi connectivity index (χ2v) is 7.04. The van der Waals surface area contributed by atoms with Gasteiger partial charge in [0.15, 0.2) is 0 Å². The van der Waals surface area contributed by atoms with Crippen LogP contribution >= 0.6 is 23.2 Å². The molecule has 0 unspecified atom stereocenters. The van der Waals surface area contributed by atoms with Crippen molar-refractivity contribution in [2.24, 2.45) is 5.16 Å². The van der Waals surface area contributed by atoms with E-state index in [1.54, 1.807) is 23.1 Å². The molecule has 3 rings (SSSR count). The van der Waals surface area contributed by atoms with Crippen molar-refractivity contribution in [1.29, 1.82) is 0 Å². The zero-order valence-electron chi connectivity index (χ0n) is 14.2. The molecule has 1 saturated heterocycles. The number of hydrogen-bond acceptors (Lipinski definition) is 5. The fourth-order valence-electron chi connectivity index (χ4n) is 3.03. The summed E-state index contributed by atoms with van der Waals surface area (Å²) in [6.07, 6.45) is 0.658. The summed E-state index contributed by atoms with van der Waals surface area (Å²) in [5.41, 5.74) is 1.32. The number of likely N-dealkylation sites (tertiary alicyclic amines) is 1. The highest BCUT2D eigenvalue weighted by Gasteiger charge is 2.32. The lowest BCUT2D eigenvalue weighted by atomic mass is 10.0. The fraction of sp³-hybridized carbons (Fsp3) is 0.471. The van der Waals surface area contributed by atoms with Crippen molar-refractivity contribution in [3.05, 3.63) is 33.8 Å². The van der Waals surface area contributed by atoms with Crippen LogP contribution in [0.25, 0.3) is 0 Å². The third-order valence-corrected chi connectivity index (χ3v) is 5.03. The van der Waals surface area contributed by atoms with Gasteiger partial charge in [-0.15, -0.1) is 0 Å². The molecular weight excluding hydrogens is 381 g/mol. The molecule has 26 heavy (non-hydrogen) atoms. The SMILES string of the molecule is COC(=O)N1CCC(NC(=O)[C@@H]2CC(c3ccc(Cl)cc3Cl)=NO2)CC1. The largest absolute Gasteiger partial charge is 0.453 e. The average Bonchev–Trinajstić information content (AvgIpc) is 3.11. The lowest BCUT2D eigenvalue weighted by molar-refractivity contribution is -0.132. The lowest BCUT2D eigenvalue weighted by Gasteiger charge is -2.31. The van der Waals surface area contributed by atoms with Crippen LogP contribution in [0.2, 0.25) is 10.0 Å². The van der Waals surface area contributed by atoms with Gasteiger partial charge in [0.1, 0.15) is 0 Å². The Labute approximate surface area is 161 Å². The van der Waals surface area contributed by atoms with Crippen LogP contribution in [0.5, 0.6) is 0 Å². The van der Waals surface area contributed by atoms with Crippen LogP contribution in [0, 0.1) is 0 Å². The first-order valence-corrected chi connectivity index (χ1v) is 9.05. The number of oxime groups is 1. The van der Waals surface area contributed by atoms with E-state index >= 15 is 0 Å². The fourth-order valence-corrected chi connectivity index (χ4v) is 3.55. The molecule has 0 aromatic heterocycles. The molecule has 1 aromatic carbocycles. The Bertz CT molecular complexity index is 733. The first-order chi connectivity index (χ1) is 12.5. The maximum atomic E-state index is 12.4. The van der Waals surface area contributed by atoms with E-state index < -0.39 is 6.10 Å². The monoisotopic (exact) mass is 399 g/mol. The van der Waals surface area contributed by atoms with E-state index in [0.717, 1.165) is 0 Å². The van der Waals surface area contributed by atoms with Crippen LogP contribution in [0.3, 0.4) is 0 Å². The van der Waals surface area contributed by atoms with E-state index in [-0.39, 0.29) is 18.0 Å². The van der Waals surface area contributed by atoms with Gasteiger partial charge in [0.25, 0.3) is 5.91 Å². The summed E-state index contributed by atoms with van der Waals surface area (Å²) in [5.74, 6) is -0.217. The molecule has 0 saturated carbocycles. The second-order valence-electron chi connectivity index (χ2n) is 6.20. The van der Waals surface area contributed by atoms with Gasteiger partial charge in [-0.2, -0.15) is 0 Å². The van der Waals surface area contributed by atoms with E-state index in [2.05, 4.69) is 10.5 Å². The number of methoxy groups -OCH3 is 1. The first-order valence-electron chi connectivity index (χ1n) is 8.29. The van der Waals surface area contributed by atoms with Crippen molar-refractivity contribution in [2.75, 3.05) is 20.2 Å². The zero-order chi connectivity index (χ0) is 18.7. The molecule has 2 heterocycles. The van der Waals surface area contributed by atoms with Gasteiger partial charge in [-0.25, -0.2) is 4.79 Å². The molecule has 1 fully saturated rings. The van der Waals surface area contributed by atoms with E-state index in [1.807, 2.05) is 0 Å². The molecule has 140 valence electrons. The number of ether oxygens (including phenoxy) is 1. The average molecular weight is 400 g/mol. The molecule has 9 heteroatoms. The van der Waals surface area contributed by atoms with E-state index in [9.17, 15) is 9.59 Å². The molecule has 2 amide bonds. The van der Waals surface area contributed by atoms with Crippen LogP contribution in [0.1, 0.15) is 24.8 Å². The maximum Gasteiger partial charge on any atom is 0.409 e. The Balaban J connectivity index is 1.51. The predicted octanol–water partition coefficient (Wildman–Crippen LogP) is 2.83. The minimum Gasteiger partial charge on any atom is -0.453 e. The number of carbonyl (C=O) groups is 2. The van der Waals surface area contributed by atoms with Crippen LogP contribution in [0.4, 0.5) is 4.79 Å². The summed E-state index contributed by atoms with van der Waals surface area (Å²) >= 11 is 12.1. The summed E-state index contributed by atoms with van der Waals surface area (Å²) in [7, 11) is 1.36. The van der Waals surface area contributed by atoms with E-state index in [1.165, 1.54) is 7.11 Å².